The molecule has 0 aliphatic carbocycles. The molecular weight excluding hydrogens is 700 g/mol. The maximum atomic E-state index is 5.42. The van der Waals surface area contributed by atoms with E-state index in [1.807, 2.05) is 17.3 Å². The molecule has 0 rings (SSSR count). The Balaban J connectivity index is -0.000000243. The minimum atomic E-state index is -1.08. The van der Waals surface area contributed by atoms with E-state index in [0.29, 0.717) is 0 Å². The molecule has 0 heterocycles. The van der Waals surface area contributed by atoms with E-state index >= 15 is 0 Å². The van der Waals surface area contributed by atoms with Crippen molar-refractivity contribution in [1.82, 2.24) is 0 Å². The van der Waals surface area contributed by atoms with Crippen molar-refractivity contribution in [2.75, 3.05) is 59.5 Å². The molecule has 0 radical (unpaired) electrons. The monoisotopic (exact) mass is 762 g/mol. The Kier molecular flexibility index (Phi) is 59.1. The SMILES string of the molecule is CCCOP(OCCC)OCCC.CCCOP(OCCC)OCCC.CCCOP(OCCC)OCCC.[Cl][Rh]. The van der Waals surface area contributed by atoms with Gasteiger partial charge in [-0.05, 0) is 57.8 Å². The van der Waals surface area contributed by atoms with E-state index in [1.54, 1.807) is 0 Å². The van der Waals surface area contributed by atoms with Crippen molar-refractivity contribution < 1.29 is 58.0 Å². The molecule has 0 amide bonds. The third-order valence-corrected chi connectivity index (χ3v) is 7.15. The maximum absolute atomic E-state index is 5.42. The summed E-state index contributed by atoms with van der Waals surface area (Å²) in [6.45, 7) is 25.2. The number of halogens is 1. The van der Waals surface area contributed by atoms with Crippen molar-refractivity contribution in [3.05, 3.63) is 0 Å². The van der Waals surface area contributed by atoms with Gasteiger partial charge in [0.25, 0.3) is 0 Å². The minimum absolute atomic E-state index is 0.721. The van der Waals surface area contributed by atoms with Gasteiger partial charge >= 0.3 is 52.8 Å². The van der Waals surface area contributed by atoms with Crippen LogP contribution in [-0.2, 0) is 58.0 Å². The van der Waals surface area contributed by atoms with Crippen molar-refractivity contribution in [3.63, 3.8) is 0 Å². The van der Waals surface area contributed by atoms with Crippen LogP contribution in [0, 0.1) is 0 Å². The fourth-order valence-corrected chi connectivity index (χ4v) is 5.48. The topological polar surface area (TPSA) is 83.1 Å². The van der Waals surface area contributed by atoms with Gasteiger partial charge in [-0.15, -0.1) is 0 Å². The van der Waals surface area contributed by atoms with Gasteiger partial charge in [-0.25, -0.2) is 0 Å². The standard InChI is InChI=1S/3C9H21O3P.ClH.Rh/c3*1-4-7-10-13(11-8-5-2)12-9-6-3;;/h3*4-9H2,1-3H3;1H;/q;;;;+1/p-1. The first-order valence-electron chi connectivity index (χ1n) is 15.2. The van der Waals surface area contributed by atoms with Gasteiger partial charge < -0.3 is 40.7 Å². The molecule has 0 aliphatic heterocycles. The van der Waals surface area contributed by atoms with Gasteiger partial charge in [-0.2, -0.15) is 0 Å². The molecule has 0 aromatic heterocycles. The first-order chi connectivity index (χ1) is 20.0. The number of hydrogen-bond acceptors (Lipinski definition) is 9. The normalized spacial score (nSPS) is 10.7. The van der Waals surface area contributed by atoms with Crippen LogP contribution in [0.1, 0.15) is 120 Å². The Morgan fingerprint density at radius 2 is 0.390 bits per heavy atom. The van der Waals surface area contributed by atoms with Crippen LogP contribution in [0.3, 0.4) is 0 Å². The Morgan fingerprint density at radius 1 is 0.293 bits per heavy atom. The summed E-state index contributed by atoms with van der Waals surface area (Å²) in [6.07, 6.45) is 9.03. The van der Waals surface area contributed by atoms with Crippen molar-refractivity contribution in [1.29, 1.82) is 0 Å². The predicted octanol–water partition coefficient (Wildman–Crippen LogP) is 11.2. The molecule has 9 nitrogen and oxygen atoms in total. The van der Waals surface area contributed by atoms with E-state index in [0.717, 1.165) is 117 Å². The molecule has 0 aromatic rings. The van der Waals surface area contributed by atoms with Crippen molar-refractivity contribution >= 4 is 35.5 Å². The van der Waals surface area contributed by atoms with Crippen LogP contribution in [0.2, 0.25) is 0 Å². The number of rotatable bonds is 27. The first kappa shape index (κ1) is 49.7. The Hall–Kier alpha value is 1.84. The summed E-state index contributed by atoms with van der Waals surface area (Å²) < 4.78 is 48.7. The summed E-state index contributed by atoms with van der Waals surface area (Å²) >= 11 is 2.02. The van der Waals surface area contributed by atoms with Crippen molar-refractivity contribution in [3.8, 4) is 0 Å². The Morgan fingerprint density at radius 3 is 0.463 bits per heavy atom. The third kappa shape index (κ3) is 46.4. The van der Waals surface area contributed by atoms with Crippen LogP contribution in [0.5, 0.6) is 0 Å². The average Bonchev–Trinajstić information content (AvgIpc) is 3.01. The van der Waals surface area contributed by atoms with Gasteiger partial charge in [0.1, 0.15) is 0 Å². The molecule has 0 aromatic carbocycles. The van der Waals surface area contributed by atoms with E-state index < -0.39 is 25.8 Å². The van der Waals surface area contributed by atoms with Crippen molar-refractivity contribution in [2.24, 2.45) is 0 Å². The molecular formula is C27H63ClO9P3Rh. The molecule has 0 unspecified atom stereocenters. The predicted molar refractivity (Wildman–Crippen MR) is 173 cm³/mol. The molecule has 41 heavy (non-hydrogen) atoms. The van der Waals surface area contributed by atoms with Crippen LogP contribution in [0.15, 0.2) is 0 Å². The molecule has 256 valence electrons. The van der Waals surface area contributed by atoms with E-state index in [2.05, 4.69) is 72.0 Å². The van der Waals surface area contributed by atoms with Gasteiger partial charge in [0.2, 0.25) is 0 Å². The molecule has 0 fully saturated rings. The first-order valence-corrected chi connectivity index (χ1v) is 20.6. The summed E-state index contributed by atoms with van der Waals surface area (Å²) in [5, 5.41) is 0. The molecule has 14 heteroatoms. The zero-order chi connectivity index (χ0) is 31.8. The van der Waals surface area contributed by atoms with Gasteiger partial charge in [0.15, 0.2) is 0 Å². The molecule has 0 aliphatic rings. The molecule has 0 N–H and O–H groups in total. The summed E-state index contributed by atoms with van der Waals surface area (Å²) in [4.78, 5) is 0. The second-order valence-electron chi connectivity index (χ2n) is 8.17. The van der Waals surface area contributed by atoms with E-state index in [-0.39, 0.29) is 0 Å². The number of hydrogen-bond donors (Lipinski definition) is 0. The van der Waals surface area contributed by atoms with E-state index in [1.165, 1.54) is 0 Å². The molecule has 0 spiro atoms. The summed E-state index contributed by atoms with van der Waals surface area (Å²) in [5.41, 5.74) is 0. The zero-order valence-electron chi connectivity index (χ0n) is 27.5. The zero-order valence-corrected chi connectivity index (χ0v) is 32.5. The second kappa shape index (κ2) is 48.7. The summed E-state index contributed by atoms with van der Waals surface area (Å²) in [7, 11) is 1.29. The van der Waals surface area contributed by atoms with Gasteiger partial charge in [0.05, 0.1) is 59.5 Å². The third-order valence-electron chi connectivity index (χ3n) is 3.61. The van der Waals surface area contributed by atoms with Crippen LogP contribution in [0.25, 0.3) is 0 Å². The second-order valence-corrected chi connectivity index (χ2v) is 11.8. The van der Waals surface area contributed by atoms with E-state index in [4.69, 9.17) is 40.7 Å². The molecule has 0 saturated heterocycles. The average molecular weight is 763 g/mol. The van der Waals surface area contributed by atoms with E-state index in [9.17, 15) is 0 Å². The van der Waals surface area contributed by atoms with Crippen LogP contribution >= 0.6 is 35.5 Å². The van der Waals surface area contributed by atoms with Crippen LogP contribution in [0.4, 0.5) is 0 Å². The summed E-state index contributed by atoms with van der Waals surface area (Å²) in [5.74, 6) is 0. The van der Waals surface area contributed by atoms with Gasteiger partial charge in [-0.1, -0.05) is 62.3 Å². The van der Waals surface area contributed by atoms with Gasteiger partial charge in [0, 0.05) is 0 Å². The molecule has 0 atom stereocenters. The fraction of sp³-hybridized carbons (Fsp3) is 1.00. The Bertz CT molecular complexity index is 316. The molecule has 0 saturated carbocycles. The molecule has 0 bridgehead atoms. The van der Waals surface area contributed by atoms with Crippen molar-refractivity contribution in [2.45, 2.75) is 120 Å². The quantitative estimate of drug-likeness (QED) is 0.0600. The fourth-order valence-electron chi connectivity index (χ4n) is 1.83. The Labute approximate surface area is 272 Å². The van der Waals surface area contributed by atoms with Crippen LogP contribution < -0.4 is 0 Å². The van der Waals surface area contributed by atoms with Crippen LogP contribution in [-0.4, -0.2) is 59.5 Å². The van der Waals surface area contributed by atoms with Gasteiger partial charge in [-0.3, -0.25) is 0 Å². The summed E-state index contributed by atoms with van der Waals surface area (Å²) in [6, 6.07) is 0.